The van der Waals surface area contributed by atoms with Gasteiger partial charge in [-0.2, -0.15) is 0 Å². The third-order valence-corrected chi connectivity index (χ3v) is 5.34. The minimum atomic E-state index is -0.689. The number of amides is 1. The van der Waals surface area contributed by atoms with Crippen molar-refractivity contribution in [1.29, 1.82) is 0 Å². The lowest BCUT2D eigenvalue weighted by molar-refractivity contribution is 0.0933. The van der Waals surface area contributed by atoms with Gasteiger partial charge in [-0.05, 0) is 67.6 Å². The van der Waals surface area contributed by atoms with Crippen LogP contribution >= 0.6 is 0 Å². The molecule has 4 N–H and O–H groups in total. The quantitative estimate of drug-likeness (QED) is 0.479. The predicted octanol–water partition coefficient (Wildman–Crippen LogP) is 2.10. The van der Waals surface area contributed by atoms with Crippen LogP contribution in [0, 0.1) is 0 Å². The molecular weight excluding hydrogens is 356 g/mol. The number of nitrogens with zero attached hydrogens (tertiary/aromatic N) is 1. The molecule has 0 bridgehead atoms. The van der Waals surface area contributed by atoms with Gasteiger partial charge in [-0.3, -0.25) is 14.4 Å². The molecule has 7 nitrogen and oxygen atoms in total. The summed E-state index contributed by atoms with van der Waals surface area (Å²) in [6.07, 6.45) is 2.80. The van der Waals surface area contributed by atoms with Crippen LogP contribution < -0.4 is 22.2 Å². The van der Waals surface area contributed by atoms with Crippen LogP contribution in [0.4, 0.5) is 5.69 Å². The second-order valence-electron chi connectivity index (χ2n) is 7.11. The molecule has 7 heteroatoms. The Bertz CT molecular complexity index is 1190. The number of hydrogen-bond acceptors (Lipinski definition) is 4. The third kappa shape index (κ3) is 3.09. The summed E-state index contributed by atoms with van der Waals surface area (Å²) in [5.74, 6) is -0.216. The number of rotatable bonds is 3. The Morgan fingerprint density at radius 3 is 2.86 bits per heavy atom. The number of aryl methyl sites for hydroxylation is 2. The molecule has 2 aromatic carbocycles. The van der Waals surface area contributed by atoms with E-state index in [0.717, 1.165) is 30.5 Å². The van der Waals surface area contributed by atoms with E-state index < -0.39 is 11.1 Å². The molecule has 144 valence electrons. The molecule has 1 atom stereocenters. The van der Waals surface area contributed by atoms with Gasteiger partial charge in [0.05, 0.1) is 17.1 Å². The topological polar surface area (TPSA) is 110 Å². The Morgan fingerprint density at radius 2 is 2.07 bits per heavy atom. The van der Waals surface area contributed by atoms with Gasteiger partial charge in [0.1, 0.15) is 0 Å². The molecule has 1 amide bonds. The second-order valence-corrected chi connectivity index (χ2v) is 7.11. The molecule has 28 heavy (non-hydrogen) atoms. The molecular formula is C21H22N4O3. The van der Waals surface area contributed by atoms with E-state index in [9.17, 15) is 14.4 Å². The zero-order valence-corrected chi connectivity index (χ0v) is 15.6. The average molecular weight is 378 g/mol. The van der Waals surface area contributed by atoms with Crippen LogP contribution in [0.2, 0.25) is 0 Å². The highest BCUT2D eigenvalue weighted by molar-refractivity contribution is 5.97. The Morgan fingerprint density at radius 1 is 1.25 bits per heavy atom. The molecule has 0 saturated heterocycles. The standard InChI is InChI=1S/C21H22N4O3/c1-2-25-18-9-6-13(11-17(18)24-20(27)21(25)28)19(26)23-16-5-3-4-12-10-14(22)7-8-15(12)16/h6-11,16H,2-5,22H2,1H3,(H,23,26)(H,24,27). The summed E-state index contributed by atoms with van der Waals surface area (Å²) in [4.78, 5) is 39.3. The van der Waals surface area contributed by atoms with Gasteiger partial charge < -0.3 is 20.6 Å². The number of nitrogens with one attached hydrogen (secondary N) is 2. The number of benzene rings is 2. The van der Waals surface area contributed by atoms with Crippen LogP contribution in [0.15, 0.2) is 46.0 Å². The van der Waals surface area contributed by atoms with Crippen molar-refractivity contribution < 1.29 is 4.79 Å². The number of carbonyl (C=O) groups excluding carboxylic acids is 1. The first-order valence-corrected chi connectivity index (χ1v) is 9.44. The summed E-state index contributed by atoms with van der Waals surface area (Å²) in [5, 5.41) is 3.09. The Hall–Kier alpha value is -3.35. The minimum absolute atomic E-state index is 0.0730. The molecule has 0 fully saturated rings. The summed E-state index contributed by atoms with van der Waals surface area (Å²) < 4.78 is 1.40. The van der Waals surface area contributed by atoms with Crippen molar-refractivity contribution in [3.63, 3.8) is 0 Å². The summed E-state index contributed by atoms with van der Waals surface area (Å²) in [6.45, 7) is 2.18. The van der Waals surface area contributed by atoms with Gasteiger partial charge in [-0.1, -0.05) is 6.07 Å². The lowest BCUT2D eigenvalue weighted by Gasteiger charge is -2.26. The van der Waals surface area contributed by atoms with Crippen molar-refractivity contribution in [2.45, 2.75) is 38.8 Å². The second kappa shape index (κ2) is 6.99. The monoisotopic (exact) mass is 378 g/mol. The molecule has 0 saturated carbocycles. The van der Waals surface area contributed by atoms with Gasteiger partial charge in [-0.25, -0.2) is 0 Å². The SMILES string of the molecule is CCn1c(=O)c(=O)[nH]c2cc(C(=O)NC3CCCc4cc(N)ccc43)ccc21. The van der Waals surface area contributed by atoms with Crippen LogP contribution in [0.25, 0.3) is 11.0 Å². The fraction of sp³-hybridized carbons (Fsp3) is 0.286. The van der Waals surface area contributed by atoms with E-state index in [-0.39, 0.29) is 11.9 Å². The van der Waals surface area contributed by atoms with E-state index in [1.54, 1.807) is 25.1 Å². The highest BCUT2D eigenvalue weighted by Crippen LogP contribution is 2.31. The lowest BCUT2D eigenvalue weighted by atomic mass is 9.87. The fourth-order valence-corrected chi connectivity index (χ4v) is 3.96. The van der Waals surface area contributed by atoms with E-state index in [1.807, 2.05) is 18.2 Å². The highest BCUT2D eigenvalue weighted by Gasteiger charge is 2.22. The first-order valence-electron chi connectivity index (χ1n) is 9.44. The van der Waals surface area contributed by atoms with Crippen LogP contribution in [0.3, 0.4) is 0 Å². The minimum Gasteiger partial charge on any atom is -0.399 e. The number of nitrogen functional groups attached to an aromatic ring is 1. The number of H-pyrrole nitrogens is 1. The van der Waals surface area contributed by atoms with Crippen molar-refractivity contribution in [1.82, 2.24) is 14.9 Å². The van der Waals surface area contributed by atoms with Gasteiger partial charge >= 0.3 is 11.1 Å². The zero-order valence-electron chi connectivity index (χ0n) is 15.6. The molecule has 0 spiro atoms. The van der Waals surface area contributed by atoms with Crippen LogP contribution in [0.5, 0.6) is 0 Å². The molecule has 1 unspecified atom stereocenters. The molecule has 4 rings (SSSR count). The third-order valence-electron chi connectivity index (χ3n) is 5.34. The molecule has 1 aliphatic carbocycles. The van der Waals surface area contributed by atoms with Crippen molar-refractivity contribution in [2.24, 2.45) is 0 Å². The van der Waals surface area contributed by atoms with Gasteiger partial charge in [0.2, 0.25) is 0 Å². The van der Waals surface area contributed by atoms with Crippen LogP contribution in [-0.2, 0) is 13.0 Å². The number of fused-ring (bicyclic) bond motifs is 2. The molecule has 3 aromatic rings. The summed E-state index contributed by atoms with van der Waals surface area (Å²) in [7, 11) is 0. The Kier molecular flexibility index (Phi) is 4.50. The molecule has 0 aliphatic heterocycles. The van der Waals surface area contributed by atoms with Gasteiger partial charge in [0, 0.05) is 17.8 Å². The smallest absolute Gasteiger partial charge is 0.316 e. The predicted molar refractivity (Wildman–Crippen MR) is 109 cm³/mol. The first-order chi connectivity index (χ1) is 13.5. The maximum atomic E-state index is 12.8. The first kappa shape index (κ1) is 18.0. The van der Waals surface area contributed by atoms with Gasteiger partial charge in [0.15, 0.2) is 0 Å². The largest absolute Gasteiger partial charge is 0.399 e. The number of hydrogen-bond donors (Lipinski definition) is 3. The Balaban J connectivity index is 1.66. The maximum absolute atomic E-state index is 12.8. The fourth-order valence-electron chi connectivity index (χ4n) is 3.96. The highest BCUT2D eigenvalue weighted by atomic mass is 16.2. The number of aromatic nitrogens is 2. The maximum Gasteiger partial charge on any atom is 0.316 e. The Labute approximate surface area is 161 Å². The van der Waals surface area contributed by atoms with Crippen molar-refractivity contribution in [3.8, 4) is 0 Å². The number of carbonyl (C=O) groups is 1. The lowest BCUT2D eigenvalue weighted by Crippen LogP contribution is -2.36. The van der Waals surface area contributed by atoms with Crippen LogP contribution in [-0.4, -0.2) is 15.5 Å². The van der Waals surface area contributed by atoms with E-state index in [4.69, 9.17) is 5.73 Å². The number of nitrogens with two attached hydrogens (primary N) is 1. The van der Waals surface area contributed by atoms with Gasteiger partial charge in [0.25, 0.3) is 5.91 Å². The summed E-state index contributed by atoms with van der Waals surface area (Å²) in [5.41, 5.74) is 9.10. The van der Waals surface area contributed by atoms with E-state index in [1.165, 1.54) is 10.1 Å². The number of aromatic amines is 1. The molecule has 0 radical (unpaired) electrons. The van der Waals surface area contributed by atoms with Crippen molar-refractivity contribution >= 4 is 22.6 Å². The molecule has 1 aromatic heterocycles. The van der Waals surface area contributed by atoms with Crippen molar-refractivity contribution in [2.75, 3.05) is 5.73 Å². The van der Waals surface area contributed by atoms with Gasteiger partial charge in [-0.15, -0.1) is 0 Å². The molecule has 1 heterocycles. The van der Waals surface area contributed by atoms with Crippen LogP contribution in [0.1, 0.15) is 47.3 Å². The summed E-state index contributed by atoms with van der Waals surface area (Å²) >= 11 is 0. The van der Waals surface area contributed by atoms with E-state index in [2.05, 4.69) is 10.3 Å². The normalized spacial score (nSPS) is 16.0. The zero-order chi connectivity index (χ0) is 19.8. The average Bonchev–Trinajstić information content (AvgIpc) is 2.68. The molecule has 1 aliphatic rings. The summed E-state index contributed by atoms with van der Waals surface area (Å²) in [6, 6.07) is 10.7. The van der Waals surface area contributed by atoms with E-state index >= 15 is 0 Å². The van der Waals surface area contributed by atoms with Crippen molar-refractivity contribution in [3.05, 3.63) is 73.8 Å². The van der Waals surface area contributed by atoms with E-state index in [0.29, 0.717) is 23.1 Å². The number of anilines is 1.